The maximum atomic E-state index is 12.1. The number of anilines is 4. The fourth-order valence-electron chi connectivity index (χ4n) is 3.66. The molecule has 2 N–H and O–H groups in total. The topological polar surface area (TPSA) is 115 Å². The number of aromatic nitrogens is 2. The molecule has 0 aliphatic carbocycles. The minimum Gasteiger partial charge on any atom is -0.493 e. The standard InChI is InChI=1S/C26H26N6O4/c1-35-22-14-13-19(17-23(22)36-2)15-16-27-25-24(32(33)34)26(29-18-28-25)30-31(20-9-5-3-6-10-20)21-11-7-4-8-12-21/h3-14,17-18H,15-16H2,1-2H3,(H2,27,28,29,30). The number of rotatable bonds is 11. The summed E-state index contributed by atoms with van der Waals surface area (Å²) >= 11 is 0. The molecule has 0 atom stereocenters. The van der Waals surface area contributed by atoms with Crippen molar-refractivity contribution >= 4 is 28.7 Å². The Balaban J connectivity index is 1.57. The van der Waals surface area contributed by atoms with Gasteiger partial charge in [0.15, 0.2) is 11.5 Å². The Morgan fingerprint density at radius 3 is 2.06 bits per heavy atom. The smallest absolute Gasteiger partial charge is 0.354 e. The van der Waals surface area contributed by atoms with Gasteiger partial charge in [0, 0.05) is 6.54 Å². The lowest BCUT2D eigenvalue weighted by Crippen LogP contribution is -2.26. The zero-order chi connectivity index (χ0) is 25.3. The third-order valence-corrected chi connectivity index (χ3v) is 5.41. The first-order valence-corrected chi connectivity index (χ1v) is 11.2. The molecule has 184 valence electrons. The highest BCUT2D eigenvalue weighted by Crippen LogP contribution is 2.33. The Bertz CT molecular complexity index is 1270. The predicted molar refractivity (Wildman–Crippen MR) is 139 cm³/mol. The van der Waals surface area contributed by atoms with Crippen molar-refractivity contribution in [2.75, 3.05) is 36.5 Å². The summed E-state index contributed by atoms with van der Waals surface area (Å²) in [6.07, 6.45) is 1.88. The van der Waals surface area contributed by atoms with Crippen molar-refractivity contribution in [3.8, 4) is 11.5 Å². The zero-order valence-electron chi connectivity index (χ0n) is 19.9. The number of benzene rings is 3. The van der Waals surface area contributed by atoms with Gasteiger partial charge in [-0.15, -0.1) is 0 Å². The molecule has 0 bridgehead atoms. The van der Waals surface area contributed by atoms with Crippen LogP contribution in [0.2, 0.25) is 0 Å². The largest absolute Gasteiger partial charge is 0.493 e. The molecule has 0 unspecified atom stereocenters. The van der Waals surface area contributed by atoms with Crippen molar-refractivity contribution in [3.05, 3.63) is 101 Å². The molecule has 3 aromatic carbocycles. The zero-order valence-corrected chi connectivity index (χ0v) is 19.9. The summed E-state index contributed by atoms with van der Waals surface area (Å²) in [7, 11) is 3.16. The van der Waals surface area contributed by atoms with Crippen LogP contribution in [0, 0.1) is 10.1 Å². The molecule has 0 saturated carbocycles. The molecule has 0 aliphatic heterocycles. The number of hydrogen-bond acceptors (Lipinski definition) is 9. The minimum absolute atomic E-state index is 0.0660. The predicted octanol–water partition coefficient (Wildman–Crippen LogP) is 5.22. The molecule has 1 aromatic heterocycles. The lowest BCUT2D eigenvalue weighted by Gasteiger charge is -2.26. The van der Waals surface area contributed by atoms with E-state index >= 15 is 0 Å². The van der Waals surface area contributed by atoms with Crippen LogP contribution < -0.4 is 25.2 Å². The van der Waals surface area contributed by atoms with Crippen LogP contribution in [0.3, 0.4) is 0 Å². The van der Waals surface area contributed by atoms with Crippen molar-refractivity contribution in [2.45, 2.75) is 6.42 Å². The summed E-state index contributed by atoms with van der Waals surface area (Å²) in [5, 5.41) is 16.9. The number of nitro groups is 1. The van der Waals surface area contributed by atoms with E-state index in [0.717, 1.165) is 16.9 Å². The van der Waals surface area contributed by atoms with Crippen LogP contribution >= 0.6 is 0 Å². The molecule has 1 heterocycles. The van der Waals surface area contributed by atoms with Crippen LogP contribution in [0.25, 0.3) is 0 Å². The number of hydrogen-bond donors (Lipinski definition) is 2. The van der Waals surface area contributed by atoms with Gasteiger partial charge in [-0.3, -0.25) is 20.5 Å². The maximum Gasteiger partial charge on any atom is 0.354 e. The molecular weight excluding hydrogens is 460 g/mol. The fourth-order valence-corrected chi connectivity index (χ4v) is 3.66. The first-order valence-electron chi connectivity index (χ1n) is 11.2. The molecule has 0 spiro atoms. The third-order valence-electron chi connectivity index (χ3n) is 5.41. The number of methoxy groups -OCH3 is 2. The van der Waals surface area contributed by atoms with Crippen molar-refractivity contribution in [1.82, 2.24) is 9.97 Å². The highest BCUT2D eigenvalue weighted by Gasteiger charge is 2.25. The van der Waals surface area contributed by atoms with Crippen molar-refractivity contribution < 1.29 is 14.4 Å². The molecule has 10 nitrogen and oxygen atoms in total. The van der Waals surface area contributed by atoms with E-state index in [9.17, 15) is 10.1 Å². The van der Waals surface area contributed by atoms with Gasteiger partial charge in [-0.2, -0.15) is 0 Å². The van der Waals surface area contributed by atoms with Gasteiger partial charge in [0.05, 0.1) is 30.5 Å². The number of nitrogens with zero attached hydrogens (tertiary/aromatic N) is 4. The van der Waals surface area contributed by atoms with Gasteiger partial charge >= 0.3 is 5.69 Å². The molecule has 4 aromatic rings. The van der Waals surface area contributed by atoms with E-state index in [-0.39, 0.29) is 17.3 Å². The van der Waals surface area contributed by atoms with Gasteiger partial charge in [-0.05, 0) is 48.4 Å². The number of ether oxygens (including phenoxy) is 2. The van der Waals surface area contributed by atoms with Gasteiger partial charge in [-0.25, -0.2) is 9.97 Å². The summed E-state index contributed by atoms with van der Waals surface area (Å²) in [4.78, 5) is 19.9. The Morgan fingerprint density at radius 2 is 1.47 bits per heavy atom. The fraction of sp³-hybridized carbons (Fsp3) is 0.154. The first kappa shape index (κ1) is 24.3. The molecule has 0 fully saturated rings. The van der Waals surface area contributed by atoms with E-state index in [1.54, 1.807) is 19.2 Å². The average Bonchev–Trinajstić information content (AvgIpc) is 2.92. The Labute approximate surface area is 208 Å². The van der Waals surface area contributed by atoms with E-state index in [2.05, 4.69) is 20.7 Å². The van der Waals surface area contributed by atoms with Gasteiger partial charge in [0.1, 0.15) is 6.33 Å². The second-order valence-corrected chi connectivity index (χ2v) is 7.66. The second kappa shape index (κ2) is 11.5. The lowest BCUT2D eigenvalue weighted by atomic mass is 10.1. The Kier molecular flexibility index (Phi) is 7.76. The lowest BCUT2D eigenvalue weighted by molar-refractivity contribution is -0.383. The average molecular weight is 487 g/mol. The van der Waals surface area contributed by atoms with Gasteiger partial charge in [0.25, 0.3) is 0 Å². The molecule has 0 amide bonds. The highest BCUT2D eigenvalue weighted by atomic mass is 16.6. The van der Waals surface area contributed by atoms with Crippen LogP contribution in [0.15, 0.2) is 85.2 Å². The van der Waals surface area contributed by atoms with E-state index in [1.807, 2.05) is 78.9 Å². The van der Waals surface area contributed by atoms with Gasteiger partial charge in [-0.1, -0.05) is 42.5 Å². The van der Waals surface area contributed by atoms with Crippen LogP contribution in [0.1, 0.15) is 5.56 Å². The Hall–Kier alpha value is -4.86. The molecule has 0 saturated heterocycles. The summed E-state index contributed by atoms with van der Waals surface area (Å²) in [5.41, 5.74) is 5.42. The normalized spacial score (nSPS) is 10.4. The summed E-state index contributed by atoms with van der Waals surface area (Å²) in [5.74, 6) is 1.45. The van der Waals surface area contributed by atoms with E-state index < -0.39 is 4.92 Å². The SMILES string of the molecule is COc1ccc(CCNc2ncnc(NN(c3ccccc3)c3ccccc3)c2[N+](=O)[O-])cc1OC. The molecule has 10 heteroatoms. The van der Waals surface area contributed by atoms with Crippen LogP contribution in [0.5, 0.6) is 11.5 Å². The number of para-hydroxylation sites is 2. The summed E-state index contributed by atoms with van der Waals surface area (Å²) in [6, 6.07) is 24.6. The van der Waals surface area contributed by atoms with Crippen molar-refractivity contribution in [3.63, 3.8) is 0 Å². The molecular formula is C26H26N6O4. The summed E-state index contributed by atoms with van der Waals surface area (Å²) < 4.78 is 10.6. The van der Waals surface area contributed by atoms with Gasteiger partial charge in [0.2, 0.25) is 11.6 Å². The molecule has 36 heavy (non-hydrogen) atoms. The van der Waals surface area contributed by atoms with Crippen LogP contribution in [-0.2, 0) is 6.42 Å². The maximum absolute atomic E-state index is 12.1. The van der Waals surface area contributed by atoms with Gasteiger partial charge < -0.3 is 14.8 Å². The van der Waals surface area contributed by atoms with Crippen LogP contribution in [-0.4, -0.2) is 35.7 Å². The Morgan fingerprint density at radius 1 is 0.861 bits per heavy atom. The molecule has 0 aliphatic rings. The number of nitrogens with one attached hydrogen (secondary N) is 2. The highest BCUT2D eigenvalue weighted by molar-refractivity contribution is 5.74. The van der Waals surface area contributed by atoms with Crippen LogP contribution in [0.4, 0.5) is 28.7 Å². The minimum atomic E-state index is -0.491. The second-order valence-electron chi connectivity index (χ2n) is 7.66. The quantitative estimate of drug-likeness (QED) is 0.217. The first-order chi connectivity index (χ1) is 17.6. The monoisotopic (exact) mass is 486 g/mol. The molecule has 0 radical (unpaired) electrons. The molecule has 4 rings (SSSR count). The van der Waals surface area contributed by atoms with Crippen molar-refractivity contribution in [2.24, 2.45) is 0 Å². The van der Waals surface area contributed by atoms with E-state index in [1.165, 1.54) is 6.33 Å². The summed E-state index contributed by atoms with van der Waals surface area (Å²) in [6.45, 7) is 0.411. The van der Waals surface area contributed by atoms with E-state index in [0.29, 0.717) is 24.5 Å². The van der Waals surface area contributed by atoms with Crippen molar-refractivity contribution in [1.29, 1.82) is 0 Å². The van der Waals surface area contributed by atoms with E-state index in [4.69, 9.17) is 9.47 Å². The third kappa shape index (κ3) is 5.61. The number of hydrazine groups is 1.